The molecule has 1 N–H and O–H groups in total. The van der Waals surface area contributed by atoms with E-state index in [0.29, 0.717) is 18.8 Å². The van der Waals surface area contributed by atoms with Crippen LogP contribution in [0.15, 0.2) is 36.7 Å². The summed E-state index contributed by atoms with van der Waals surface area (Å²) in [6, 6.07) is 8.35. The van der Waals surface area contributed by atoms with Crippen molar-refractivity contribution in [1.82, 2.24) is 14.7 Å². The maximum atomic E-state index is 12.5. The Balaban J connectivity index is 1.63. The van der Waals surface area contributed by atoms with Crippen LogP contribution < -0.4 is 5.32 Å². The minimum atomic E-state index is -0.113. The standard InChI is InChI=1S/C17H22N4O2/c1-20(16-8-7-13-5-3-4-6-15(13)16)17(22)19-14-11-18-21(12-14)9-10-23-2/h3-6,11-12,16H,7-10H2,1-2H3,(H,19,22)/t16-/m1/s1. The van der Waals surface area contributed by atoms with Gasteiger partial charge < -0.3 is 15.0 Å². The lowest BCUT2D eigenvalue weighted by Gasteiger charge is -2.25. The van der Waals surface area contributed by atoms with Gasteiger partial charge in [0.25, 0.3) is 0 Å². The molecule has 0 bridgehead atoms. The molecule has 6 nitrogen and oxygen atoms in total. The first-order valence-corrected chi connectivity index (χ1v) is 7.82. The lowest BCUT2D eigenvalue weighted by molar-refractivity contribution is 0.183. The third-order valence-electron chi connectivity index (χ3n) is 4.30. The minimum absolute atomic E-state index is 0.113. The fourth-order valence-corrected chi connectivity index (χ4v) is 3.03. The van der Waals surface area contributed by atoms with Crippen LogP contribution in [0, 0.1) is 0 Å². The molecule has 0 radical (unpaired) electrons. The summed E-state index contributed by atoms with van der Waals surface area (Å²) in [5.74, 6) is 0. The molecule has 3 rings (SSSR count). The Morgan fingerprint density at radius 1 is 1.48 bits per heavy atom. The molecule has 2 aromatic rings. The van der Waals surface area contributed by atoms with Gasteiger partial charge >= 0.3 is 6.03 Å². The van der Waals surface area contributed by atoms with Crippen LogP contribution in [-0.2, 0) is 17.7 Å². The van der Waals surface area contributed by atoms with E-state index < -0.39 is 0 Å². The Hall–Kier alpha value is -2.34. The average Bonchev–Trinajstić information content (AvgIpc) is 3.18. The molecule has 1 aromatic heterocycles. The van der Waals surface area contributed by atoms with E-state index in [-0.39, 0.29) is 12.1 Å². The Morgan fingerprint density at radius 3 is 3.13 bits per heavy atom. The van der Waals surface area contributed by atoms with Crippen molar-refractivity contribution >= 4 is 11.7 Å². The van der Waals surface area contributed by atoms with Crippen molar-refractivity contribution in [2.75, 3.05) is 26.1 Å². The third-order valence-corrected chi connectivity index (χ3v) is 4.30. The van der Waals surface area contributed by atoms with Crippen molar-refractivity contribution in [2.45, 2.75) is 25.4 Å². The summed E-state index contributed by atoms with van der Waals surface area (Å²) in [5, 5.41) is 7.11. The lowest BCUT2D eigenvalue weighted by atomic mass is 10.1. The average molecular weight is 314 g/mol. The predicted octanol–water partition coefficient (Wildman–Crippen LogP) is 2.68. The van der Waals surface area contributed by atoms with E-state index in [9.17, 15) is 4.79 Å². The van der Waals surface area contributed by atoms with E-state index >= 15 is 0 Å². The molecule has 0 spiro atoms. The normalized spacial score (nSPS) is 16.2. The number of ether oxygens (including phenoxy) is 1. The minimum Gasteiger partial charge on any atom is -0.383 e. The van der Waals surface area contributed by atoms with Crippen molar-refractivity contribution in [3.63, 3.8) is 0 Å². The Labute approximate surface area is 136 Å². The molecule has 0 saturated heterocycles. The molecule has 0 unspecified atom stereocenters. The molecule has 0 fully saturated rings. The predicted molar refractivity (Wildman–Crippen MR) is 88.4 cm³/mol. The highest BCUT2D eigenvalue weighted by atomic mass is 16.5. The van der Waals surface area contributed by atoms with Crippen LogP contribution >= 0.6 is 0 Å². The number of anilines is 1. The number of methoxy groups -OCH3 is 1. The number of aromatic nitrogens is 2. The molecule has 1 heterocycles. The van der Waals surface area contributed by atoms with Crippen LogP contribution in [0.3, 0.4) is 0 Å². The van der Waals surface area contributed by atoms with Crippen LogP contribution in [0.1, 0.15) is 23.6 Å². The number of hydrogen-bond acceptors (Lipinski definition) is 3. The quantitative estimate of drug-likeness (QED) is 0.923. The first-order chi connectivity index (χ1) is 11.2. The number of nitrogens with one attached hydrogen (secondary N) is 1. The number of hydrogen-bond donors (Lipinski definition) is 1. The molecule has 0 aliphatic heterocycles. The molecule has 1 aliphatic carbocycles. The molecule has 2 amide bonds. The number of benzene rings is 1. The second-order valence-corrected chi connectivity index (χ2v) is 5.78. The van der Waals surface area contributed by atoms with Crippen LogP contribution in [0.4, 0.5) is 10.5 Å². The van der Waals surface area contributed by atoms with E-state index in [1.807, 2.05) is 19.3 Å². The number of nitrogens with zero attached hydrogens (tertiary/aromatic N) is 3. The monoisotopic (exact) mass is 314 g/mol. The Kier molecular flexibility index (Phi) is 4.62. The summed E-state index contributed by atoms with van der Waals surface area (Å²) < 4.78 is 6.77. The van der Waals surface area contributed by atoms with Gasteiger partial charge in [-0.15, -0.1) is 0 Å². The van der Waals surface area contributed by atoms with Gasteiger partial charge in [0.15, 0.2) is 0 Å². The zero-order valence-corrected chi connectivity index (χ0v) is 13.5. The van der Waals surface area contributed by atoms with E-state index in [2.05, 4.69) is 28.6 Å². The van der Waals surface area contributed by atoms with Crippen molar-refractivity contribution < 1.29 is 9.53 Å². The second kappa shape index (κ2) is 6.83. The van der Waals surface area contributed by atoms with Crippen LogP contribution in [0.5, 0.6) is 0 Å². The second-order valence-electron chi connectivity index (χ2n) is 5.78. The van der Waals surface area contributed by atoms with E-state index in [1.165, 1.54) is 11.1 Å². The molecule has 6 heteroatoms. The van der Waals surface area contributed by atoms with Gasteiger partial charge in [0.2, 0.25) is 0 Å². The molecule has 1 aliphatic rings. The first kappa shape index (κ1) is 15.6. The van der Waals surface area contributed by atoms with Gasteiger partial charge in [-0.1, -0.05) is 24.3 Å². The highest BCUT2D eigenvalue weighted by molar-refractivity contribution is 5.89. The lowest BCUT2D eigenvalue weighted by Crippen LogP contribution is -2.33. The van der Waals surface area contributed by atoms with Crippen molar-refractivity contribution in [3.8, 4) is 0 Å². The summed E-state index contributed by atoms with van der Waals surface area (Å²) in [7, 11) is 3.50. The van der Waals surface area contributed by atoms with Gasteiger partial charge in [0, 0.05) is 20.4 Å². The van der Waals surface area contributed by atoms with E-state index in [4.69, 9.17) is 4.74 Å². The molecular formula is C17H22N4O2. The molecule has 23 heavy (non-hydrogen) atoms. The number of amides is 2. The van der Waals surface area contributed by atoms with Crippen LogP contribution in [-0.4, -0.2) is 41.5 Å². The highest BCUT2D eigenvalue weighted by Crippen LogP contribution is 2.34. The Morgan fingerprint density at radius 2 is 2.30 bits per heavy atom. The fraction of sp³-hybridized carbons (Fsp3) is 0.412. The summed E-state index contributed by atoms with van der Waals surface area (Å²) >= 11 is 0. The molecule has 0 saturated carbocycles. The molecular weight excluding hydrogens is 292 g/mol. The summed E-state index contributed by atoms with van der Waals surface area (Å²) in [4.78, 5) is 14.3. The SMILES string of the molecule is COCCn1cc(NC(=O)N(C)[C@@H]2CCc3ccccc32)cn1. The van der Waals surface area contributed by atoms with Crippen molar-refractivity contribution in [2.24, 2.45) is 0 Å². The number of carbonyl (C=O) groups excluding carboxylic acids is 1. The summed E-state index contributed by atoms with van der Waals surface area (Å²) in [5.41, 5.74) is 3.29. The molecule has 122 valence electrons. The molecule has 1 atom stereocenters. The summed E-state index contributed by atoms with van der Waals surface area (Å²) in [6.45, 7) is 1.26. The largest absolute Gasteiger partial charge is 0.383 e. The van der Waals surface area contributed by atoms with Gasteiger partial charge in [0.1, 0.15) is 0 Å². The number of urea groups is 1. The maximum absolute atomic E-state index is 12.5. The summed E-state index contributed by atoms with van der Waals surface area (Å²) in [6.07, 6.45) is 5.46. The van der Waals surface area contributed by atoms with Crippen molar-refractivity contribution in [1.29, 1.82) is 0 Å². The molecule has 1 aromatic carbocycles. The van der Waals surface area contributed by atoms with Crippen molar-refractivity contribution in [3.05, 3.63) is 47.8 Å². The van der Waals surface area contributed by atoms with E-state index in [0.717, 1.165) is 12.8 Å². The van der Waals surface area contributed by atoms with Gasteiger partial charge in [0.05, 0.1) is 31.1 Å². The smallest absolute Gasteiger partial charge is 0.322 e. The maximum Gasteiger partial charge on any atom is 0.322 e. The fourth-order valence-electron chi connectivity index (χ4n) is 3.03. The number of aryl methyl sites for hydroxylation is 1. The van der Waals surface area contributed by atoms with Gasteiger partial charge in [-0.2, -0.15) is 5.10 Å². The number of fused-ring (bicyclic) bond motifs is 1. The van der Waals surface area contributed by atoms with Gasteiger partial charge in [-0.25, -0.2) is 4.79 Å². The zero-order chi connectivity index (χ0) is 16.2. The van der Waals surface area contributed by atoms with E-state index in [1.54, 1.807) is 22.9 Å². The number of rotatable bonds is 5. The number of carbonyl (C=O) groups is 1. The Bertz CT molecular complexity index is 683. The van der Waals surface area contributed by atoms with Gasteiger partial charge in [-0.3, -0.25) is 4.68 Å². The third kappa shape index (κ3) is 3.37. The van der Waals surface area contributed by atoms with Crippen LogP contribution in [0.25, 0.3) is 0 Å². The zero-order valence-electron chi connectivity index (χ0n) is 13.5. The highest BCUT2D eigenvalue weighted by Gasteiger charge is 2.28. The first-order valence-electron chi connectivity index (χ1n) is 7.82. The van der Waals surface area contributed by atoms with Crippen LogP contribution in [0.2, 0.25) is 0 Å². The van der Waals surface area contributed by atoms with Gasteiger partial charge in [-0.05, 0) is 24.0 Å². The topological polar surface area (TPSA) is 59.4 Å².